The molecule has 0 saturated heterocycles. The SMILES string of the molecule is C#C[C@@]1(O)CC[C@@]2(C)C(CC(O)C3C2CC(O)[C@@]2(C)C3CC[C@@H]2[C@H](C)CCO)C1. The largest absolute Gasteiger partial charge is 0.396 e. The molecule has 0 aromatic carbocycles. The molecule has 0 heterocycles. The van der Waals surface area contributed by atoms with Gasteiger partial charge in [0.05, 0.1) is 12.2 Å². The summed E-state index contributed by atoms with van der Waals surface area (Å²) in [6, 6.07) is 0. The van der Waals surface area contributed by atoms with Gasteiger partial charge >= 0.3 is 0 Å². The number of terminal acetylenes is 1. The van der Waals surface area contributed by atoms with Gasteiger partial charge in [-0.1, -0.05) is 26.7 Å². The van der Waals surface area contributed by atoms with E-state index in [1.165, 1.54) is 0 Å². The van der Waals surface area contributed by atoms with Crippen LogP contribution in [0.15, 0.2) is 0 Å². The van der Waals surface area contributed by atoms with Gasteiger partial charge in [-0.15, -0.1) is 6.42 Å². The summed E-state index contributed by atoms with van der Waals surface area (Å²) >= 11 is 0. The van der Waals surface area contributed by atoms with E-state index in [0.717, 1.165) is 32.1 Å². The Labute approximate surface area is 176 Å². The standard InChI is InChI=1S/C25H40O4/c1-5-25(29)10-9-23(3)16(14-25)12-20(27)22-18-7-6-17(15(2)8-11-26)24(18,4)21(28)13-19(22)23/h1,15-22,26-29H,6-14H2,2-4H3/t15-,16?,17-,18?,19?,20?,21?,22?,23+,24-,25-/m1/s1. The maximum atomic E-state index is 11.5. The molecular formula is C25H40O4. The molecule has 4 nitrogen and oxygen atoms in total. The number of aliphatic hydroxyl groups excluding tert-OH is 3. The molecule has 4 saturated carbocycles. The van der Waals surface area contributed by atoms with Crippen molar-refractivity contribution in [1.29, 1.82) is 0 Å². The van der Waals surface area contributed by atoms with Crippen LogP contribution < -0.4 is 0 Å². The highest BCUT2D eigenvalue weighted by Crippen LogP contribution is 2.68. The first-order chi connectivity index (χ1) is 13.6. The lowest BCUT2D eigenvalue weighted by Gasteiger charge is -2.64. The summed E-state index contributed by atoms with van der Waals surface area (Å²) in [6.07, 6.45) is 11.3. The smallest absolute Gasteiger partial charge is 0.125 e. The maximum Gasteiger partial charge on any atom is 0.125 e. The number of aliphatic hydroxyl groups is 4. The summed E-state index contributed by atoms with van der Waals surface area (Å²) in [5.74, 6) is 4.40. The first-order valence-electron chi connectivity index (χ1n) is 11.8. The third kappa shape index (κ3) is 3.03. The molecule has 0 bridgehead atoms. The lowest BCUT2D eigenvalue weighted by atomic mass is 9.42. The summed E-state index contributed by atoms with van der Waals surface area (Å²) in [6.45, 7) is 6.99. The fourth-order valence-electron chi connectivity index (χ4n) is 8.68. The second-order valence-corrected chi connectivity index (χ2v) is 11.5. The predicted octanol–water partition coefficient (Wildman–Crippen LogP) is 2.97. The molecule has 164 valence electrons. The van der Waals surface area contributed by atoms with Crippen LogP contribution in [-0.2, 0) is 0 Å². The molecule has 0 amide bonds. The van der Waals surface area contributed by atoms with Crippen LogP contribution in [-0.4, -0.2) is 44.8 Å². The average Bonchev–Trinajstić information content (AvgIpc) is 3.03. The van der Waals surface area contributed by atoms with Crippen molar-refractivity contribution in [1.82, 2.24) is 0 Å². The van der Waals surface area contributed by atoms with Crippen LogP contribution in [0.4, 0.5) is 0 Å². The molecule has 4 fully saturated rings. The molecule has 0 spiro atoms. The van der Waals surface area contributed by atoms with E-state index in [0.29, 0.717) is 37.0 Å². The monoisotopic (exact) mass is 404 g/mol. The van der Waals surface area contributed by atoms with Crippen molar-refractivity contribution in [3.63, 3.8) is 0 Å². The van der Waals surface area contributed by atoms with Crippen LogP contribution in [0.25, 0.3) is 0 Å². The van der Waals surface area contributed by atoms with E-state index >= 15 is 0 Å². The quantitative estimate of drug-likeness (QED) is 0.545. The van der Waals surface area contributed by atoms with Crippen LogP contribution in [0.5, 0.6) is 0 Å². The Morgan fingerprint density at radius 1 is 1.10 bits per heavy atom. The first kappa shape index (κ1) is 21.6. The van der Waals surface area contributed by atoms with Crippen LogP contribution >= 0.6 is 0 Å². The van der Waals surface area contributed by atoms with Crippen LogP contribution in [0.1, 0.15) is 72.1 Å². The van der Waals surface area contributed by atoms with Crippen LogP contribution in [0.3, 0.4) is 0 Å². The van der Waals surface area contributed by atoms with Crippen LogP contribution in [0.2, 0.25) is 0 Å². The zero-order chi connectivity index (χ0) is 21.2. The van der Waals surface area contributed by atoms with Crippen molar-refractivity contribution in [3.05, 3.63) is 0 Å². The minimum absolute atomic E-state index is 0.0179. The zero-order valence-electron chi connectivity index (χ0n) is 18.3. The molecule has 0 aliphatic heterocycles. The van der Waals surface area contributed by atoms with Gasteiger partial charge in [0.15, 0.2) is 0 Å². The van der Waals surface area contributed by atoms with E-state index < -0.39 is 5.60 Å². The summed E-state index contributed by atoms with van der Waals surface area (Å²) in [4.78, 5) is 0. The molecule has 4 aliphatic carbocycles. The Balaban J connectivity index is 1.65. The topological polar surface area (TPSA) is 80.9 Å². The molecule has 4 heteroatoms. The van der Waals surface area contributed by atoms with Crippen molar-refractivity contribution in [2.45, 2.75) is 89.9 Å². The Morgan fingerprint density at radius 2 is 1.83 bits per heavy atom. The number of fused-ring (bicyclic) bond motifs is 5. The molecule has 0 radical (unpaired) electrons. The molecule has 6 unspecified atom stereocenters. The lowest BCUT2D eigenvalue weighted by Crippen LogP contribution is -2.63. The highest BCUT2D eigenvalue weighted by molar-refractivity contribution is 5.18. The summed E-state index contributed by atoms with van der Waals surface area (Å²) in [5, 5.41) is 43.0. The second-order valence-electron chi connectivity index (χ2n) is 11.5. The van der Waals surface area contributed by atoms with Crippen molar-refractivity contribution >= 4 is 0 Å². The van der Waals surface area contributed by atoms with Gasteiger partial charge in [-0.05, 0) is 97.7 Å². The van der Waals surface area contributed by atoms with Gasteiger partial charge in [-0.2, -0.15) is 0 Å². The molecule has 4 N–H and O–H groups in total. The summed E-state index contributed by atoms with van der Waals surface area (Å²) < 4.78 is 0. The fraction of sp³-hybridized carbons (Fsp3) is 0.920. The van der Waals surface area contributed by atoms with Gasteiger partial charge in [-0.25, -0.2) is 0 Å². The third-order valence-corrected chi connectivity index (χ3v) is 10.5. The van der Waals surface area contributed by atoms with Gasteiger partial charge in [0.2, 0.25) is 0 Å². The van der Waals surface area contributed by atoms with E-state index in [4.69, 9.17) is 6.42 Å². The van der Waals surface area contributed by atoms with Gasteiger partial charge in [0.25, 0.3) is 0 Å². The first-order valence-corrected chi connectivity index (χ1v) is 11.8. The van der Waals surface area contributed by atoms with E-state index in [2.05, 4.69) is 26.7 Å². The molecule has 0 aromatic heterocycles. The van der Waals surface area contributed by atoms with Gasteiger partial charge < -0.3 is 20.4 Å². The fourth-order valence-corrected chi connectivity index (χ4v) is 8.68. The highest BCUT2D eigenvalue weighted by Gasteiger charge is 2.66. The minimum atomic E-state index is -1.04. The van der Waals surface area contributed by atoms with Gasteiger partial charge in [0.1, 0.15) is 5.60 Å². The van der Waals surface area contributed by atoms with Crippen LogP contribution in [0, 0.1) is 58.7 Å². The molecule has 4 rings (SSSR count). The Hall–Kier alpha value is -0.600. The van der Waals surface area contributed by atoms with E-state index in [-0.39, 0.29) is 47.4 Å². The Bertz CT molecular complexity index is 672. The highest BCUT2D eigenvalue weighted by atomic mass is 16.3. The molecule has 4 aliphatic rings. The van der Waals surface area contributed by atoms with E-state index in [1.54, 1.807) is 0 Å². The maximum absolute atomic E-state index is 11.5. The third-order valence-electron chi connectivity index (χ3n) is 10.5. The molecule has 0 aromatic rings. The second kappa shape index (κ2) is 7.23. The number of hydrogen-bond donors (Lipinski definition) is 4. The number of hydrogen-bond acceptors (Lipinski definition) is 4. The van der Waals surface area contributed by atoms with Crippen molar-refractivity contribution < 1.29 is 20.4 Å². The normalized spacial score (nSPS) is 55.3. The van der Waals surface area contributed by atoms with E-state index in [9.17, 15) is 20.4 Å². The van der Waals surface area contributed by atoms with Crippen molar-refractivity contribution in [3.8, 4) is 12.3 Å². The van der Waals surface area contributed by atoms with E-state index in [1.807, 2.05) is 0 Å². The molecular weight excluding hydrogens is 364 g/mol. The molecule has 29 heavy (non-hydrogen) atoms. The van der Waals surface area contributed by atoms with Gasteiger partial charge in [-0.3, -0.25) is 0 Å². The average molecular weight is 405 g/mol. The summed E-state index contributed by atoms with van der Waals surface area (Å²) in [5.41, 5.74) is -1.21. The Morgan fingerprint density at radius 3 is 2.48 bits per heavy atom. The lowest BCUT2D eigenvalue weighted by molar-refractivity contribution is -0.211. The molecule has 11 atom stereocenters. The van der Waals surface area contributed by atoms with Gasteiger partial charge in [0, 0.05) is 6.61 Å². The predicted molar refractivity (Wildman–Crippen MR) is 113 cm³/mol. The number of rotatable bonds is 3. The van der Waals surface area contributed by atoms with Crippen molar-refractivity contribution in [2.24, 2.45) is 46.3 Å². The zero-order valence-corrected chi connectivity index (χ0v) is 18.3. The van der Waals surface area contributed by atoms with Crippen molar-refractivity contribution in [2.75, 3.05) is 6.61 Å². The Kier molecular flexibility index (Phi) is 5.39. The minimum Gasteiger partial charge on any atom is -0.396 e. The summed E-state index contributed by atoms with van der Waals surface area (Å²) in [7, 11) is 0.